The molecular formula is C58H103NO5. The summed E-state index contributed by atoms with van der Waals surface area (Å²) in [6.45, 7) is 6.39. The van der Waals surface area contributed by atoms with Gasteiger partial charge in [-0.1, -0.05) is 248 Å². The van der Waals surface area contributed by atoms with Crippen LogP contribution in [-0.2, 0) is 14.3 Å². The monoisotopic (exact) mass is 894 g/mol. The van der Waals surface area contributed by atoms with Gasteiger partial charge in [0.1, 0.15) is 6.10 Å². The van der Waals surface area contributed by atoms with Crippen LogP contribution in [0, 0.1) is 0 Å². The third kappa shape index (κ3) is 45.9. The molecule has 0 bridgehead atoms. The number of esters is 1. The molecule has 0 aromatic carbocycles. The van der Waals surface area contributed by atoms with Crippen molar-refractivity contribution in [3.63, 3.8) is 0 Å². The average molecular weight is 894 g/mol. The van der Waals surface area contributed by atoms with Gasteiger partial charge in [-0.2, -0.15) is 0 Å². The summed E-state index contributed by atoms with van der Waals surface area (Å²) in [6.07, 6.45) is 65.3. The minimum atomic E-state index is -0.805. The Morgan fingerprint density at radius 2 is 0.844 bits per heavy atom. The van der Waals surface area contributed by atoms with Gasteiger partial charge in [0.2, 0.25) is 5.91 Å². The predicted octanol–water partition coefficient (Wildman–Crippen LogP) is 16.6. The van der Waals surface area contributed by atoms with E-state index >= 15 is 0 Å². The van der Waals surface area contributed by atoms with E-state index in [1.54, 1.807) is 0 Å². The summed E-state index contributed by atoms with van der Waals surface area (Å²) in [5, 5.41) is 23.8. The SMILES string of the molecule is CCC/C=C/C=C/C=C/C=C/C=C/CCCCCC(CC(=O)NC(CO)C(O)CCCCCCCCCCCCCCCCC)OC(=O)CCCCC/C=C\CCCCCCCCC. The number of allylic oxidation sites excluding steroid dienone is 12. The molecule has 0 aliphatic carbocycles. The van der Waals surface area contributed by atoms with E-state index < -0.39 is 18.2 Å². The van der Waals surface area contributed by atoms with E-state index in [9.17, 15) is 19.8 Å². The lowest BCUT2D eigenvalue weighted by molar-refractivity contribution is -0.151. The summed E-state index contributed by atoms with van der Waals surface area (Å²) in [6, 6.07) is -0.722. The number of hydrogen-bond acceptors (Lipinski definition) is 5. The molecule has 3 atom stereocenters. The van der Waals surface area contributed by atoms with E-state index in [0.29, 0.717) is 19.3 Å². The minimum absolute atomic E-state index is 0.0416. The van der Waals surface area contributed by atoms with Gasteiger partial charge in [0.05, 0.1) is 25.2 Å². The van der Waals surface area contributed by atoms with Crippen molar-refractivity contribution in [2.75, 3.05) is 6.61 Å². The van der Waals surface area contributed by atoms with Crippen LogP contribution in [-0.4, -0.2) is 46.9 Å². The number of unbranched alkanes of at least 4 members (excludes halogenated alkanes) is 28. The molecule has 0 fully saturated rings. The van der Waals surface area contributed by atoms with Gasteiger partial charge in [0.25, 0.3) is 0 Å². The first-order chi connectivity index (χ1) is 31.5. The molecule has 6 heteroatoms. The molecule has 0 heterocycles. The van der Waals surface area contributed by atoms with Gasteiger partial charge in [-0.3, -0.25) is 9.59 Å². The van der Waals surface area contributed by atoms with Crippen LogP contribution >= 0.6 is 0 Å². The molecule has 0 rings (SSSR count). The topological polar surface area (TPSA) is 95.9 Å². The molecule has 0 saturated heterocycles. The van der Waals surface area contributed by atoms with Crippen molar-refractivity contribution in [2.24, 2.45) is 0 Å². The molecule has 64 heavy (non-hydrogen) atoms. The van der Waals surface area contributed by atoms with Crippen LogP contribution in [0.25, 0.3) is 0 Å². The molecule has 0 aliphatic heterocycles. The van der Waals surface area contributed by atoms with E-state index in [1.807, 2.05) is 36.5 Å². The Balaban J connectivity index is 4.68. The molecule has 1 amide bonds. The number of ether oxygens (including phenoxy) is 1. The minimum Gasteiger partial charge on any atom is -0.462 e. The number of rotatable bonds is 48. The number of hydrogen-bond donors (Lipinski definition) is 3. The number of aliphatic hydroxyl groups excluding tert-OH is 2. The summed E-state index contributed by atoms with van der Waals surface area (Å²) < 4.78 is 5.92. The van der Waals surface area contributed by atoms with Crippen molar-refractivity contribution in [3.8, 4) is 0 Å². The number of carbonyl (C=O) groups is 2. The fourth-order valence-electron chi connectivity index (χ4n) is 7.98. The standard InChI is InChI=1S/C58H103NO5/c1-4-7-10-13-16-19-22-25-28-30-31-34-37-40-43-46-49-54(64-58(63)51-48-45-42-39-36-33-27-24-21-18-15-12-9-6-3)52-57(62)59-55(53-60)56(61)50-47-44-41-38-35-32-29-26-23-20-17-14-11-8-5-2/h10,13,16,19,22,25,28,30-31,33-34,36,54-56,60-61H,4-9,11-12,14-15,17-18,20-21,23-24,26-27,29,32,35,37-53H2,1-3H3,(H,59,62)/b13-10+,19-16+,25-22+,30-28+,34-31+,36-33-. The summed E-state index contributed by atoms with van der Waals surface area (Å²) in [4.78, 5) is 26.2. The lowest BCUT2D eigenvalue weighted by Crippen LogP contribution is -2.46. The number of carbonyl (C=O) groups excluding carboxylic acids is 2. The molecule has 3 unspecified atom stereocenters. The van der Waals surface area contributed by atoms with Gasteiger partial charge >= 0.3 is 5.97 Å². The third-order valence-electron chi connectivity index (χ3n) is 12.1. The van der Waals surface area contributed by atoms with Crippen LogP contribution in [0.2, 0.25) is 0 Å². The third-order valence-corrected chi connectivity index (χ3v) is 12.1. The van der Waals surface area contributed by atoms with Gasteiger partial charge < -0.3 is 20.3 Å². The predicted molar refractivity (Wildman–Crippen MR) is 278 cm³/mol. The van der Waals surface area contributed by atoms with E-state index in [-0.39, 0.29) is 24.9 Å². The van der Waals surface area contributed by atoms with Crippen molar-refractivity contribution in [3.05, 3.63) is 72.9 Å². The first-order valence-corrected chi connectivity index (χ1v) is 27.2. The summed E-state index contributed by atoms with van der Waals surface area (Å²) >= 11 is 0. The highest BCUT2D eigenvalue weighted by Crippen LogP contribution is 2.17. The molecule has 0 aliphatic rings. The highest BCUT2D eigenvalue weighted by atomic mass is 16.5. The van der Waals surface area contributed by atoms with Gasteiger partial charge in [0.15, 0.2) is 0 Å². The molecule has 3 N–H and O–H groups in total. The lowest BCUT2D eigenvalue weighted by Gasteiger charge is -2.24. The first-order valence-electron chi connectivity index (χ1n) is 27.2. The lowest BCUT2D eigenvalue weighted by atomic mass is 10.0. The fraction of sp³-hybridized carbons (Fsp3) is 0.759. The molecule has 0 saturated carbocycles. The molecule has 6 nitrogen and oxygen atoms in total. The molecule has 0 aromatic rings. The highest BCUT2D eigenvalue weighted by molar-refractivity contribution is 5.77. The van der Waals surface area contributed by atoms with E-state index in [2.05, 4.69) is 62.5 Å². The molecule has 0 spiro atoms. The summed E-state index contributed by atoms with van der Waals surface area (Å²) in [5.41, 5.74) is 0. The van der Waals surface area contributed by atoms with Crippen LogP contribution in [0.4, 0.5) is 0 Å². The molecular weight excluding hydrogens is 791 g/mol. The van der Waals surface area contributed by atoms with E-state index in [4.69, 9.17) is 4.74 Å². The number of nitrogens with one attached hydrogen (secondary N) is 1. The van der Waals surface area contributed by atoms with Crippen LogP contribution in [0.3, 0.4) is 0 Å². The van der Waals surface area contributed by atoms with Crippen LogP contribution in [0.5, 0.6) is 0 Å². The van der Waals surface area contributed by atoms with Crippen LogP contribution < -0.4 is 5.32 Å². The molecule has 370 valence electrons. The van der Waals surface area contributed by atoms with Gasteiger partial charge in [0, 0.05) is 6.42 Å². The Kier molecular flexibility index (Phi) is 49.1. The fourth-order valence-corrected chi connectivity index (χ4v) is 7.98. The number of amides is 1. The van der Waals surface area contributed by atoms with Crippen LogP contribution in [0.1, 0.15) is 258 Å². The maximum atomic E-state index is 13.2. The molecule has 0 aromatic heterocycles. The first kappa shape index (κ1) is 61.3. The van der Waals surface area contributed by atoms with Crippen molar-refractivity contribution in [1.29, 1.82) is 0 Å². The van der Waals surface area contributed by atoms with Crippen molar-refractivity contribution in [1.82, 2.24) is 5.32 Å². The van der Waals surface area contributed by atoms with Crippen molar-refractivity contribution in [2.45, 2.75) is 277 Å². The zero-order valence-corrected chi connectivity index (χ0v) is 42.1. The van der Waals surface area contributed by atoms with Crippen molar-refractivity contribution >= 4 is 11.9 Å². The number of aliphatic hydroxyl groups is 2. The Labute approximate surface area is 396 Å². The quantitative estimate of drug-likeness (QED) is 0.0245. The van der Waals surface area contributed by atoms with Crippen LogP contribution in [0.15, 0.2) is 72.9 Å². The maximum absolute atomic E-state index is 13.2. The second-order valence-electron chi connectivity index (χ2n) is 18.4. The average Bonchev–Trinajstić information content (AvgIpc) is 3.29. The second-order valence-corrected chi connectivity index (χ2v) is 18.4. The largest absolute Gasteiger partial charge is 0.462 e. The Hall–Kier alpha value is -2.70. The molecule has 0 radical (unpaired) electrons. The van der Waals surface area contributed by atoms with Gasteiger partial charge in [-0.05, 0) is 70.6 Å². The summed E-state index contributed by atoms with van der Waals surface area (Å²) in [7, 11) is 0. The Bertz CT molecular complexity index is 1190. The summed E-state index contributed by atoms with van der Waals surface area (Å²) in [5.74, 6) is -0.533. The van der Waals surface area contributed by atoms with E-state index in [1.165, 1.54) is 128 Å². The van der Waals surface area contributed by atoms with Crippen molar-refractivity contribution < 1.29 is 24.5 Å². The Morgan fingerprint density at radius 1 is 0.453 bits per heavy atom. The maximum Gasteiger partial charge on any atom is 0.306 e. The van der Waals surface area contributed by atoms with Gasteiger partial charge in [-0.15, -0.1) is 0 Å². The zero-order chi connectivity index (χ0) is 46.7. The highest BCUT2D eigenvalue weighted by Gasteiger charge is 2.24. The normalized spacial score (nSPS) is 13.8. The van der Waals surface area contributed by atoms with E-state index in [0.717, 1.165) is 83.5 Å². The zero-order valence-electron chi connectivity index (χ0n) is 42.1. The Morgan fingerprint density at radius 3 is 1.33 bits per heavy atom. The smallest absolute Gasteiger partial charge is 0.306 e. The van der Waals surface area contributed by atoms with Gasteiger partial charge in [-0.25, -0.2) is 0 Å². The second kappa shape index (κ2) is 51.3.